The summed E-state index contributed by atoms with van der Waals surface area (Å²) in [5, 5.41) is 6.08. The van der Waals surface area contributed by atoms with Crippen LogP contribution < -0.4 is 10.6 Å². The first-order valence-electron chi connectivity index (χ1n) is 7.57. The van der Waals surface area contributed by atoms with E-state index in [2.05, 4.69) is 27.2 Å². The van der Waals surface area contributed by atoms with E-state index in [1.165, 1.54) is 6.07 Å². The van der Waals surface area contributed by atoms with Gasteiger partial charge in [0, 0.05) is 18.2 Å². The lowest BCUT2D eigenvalue weighted by atomic mass is 10.1. The molecule has 0 saturated carbocycles. The number of anilines is 3. The number of hydrogen-bond acceptors (Lipinski definition) is 4. The molecule has 3 aromatic rings. The van der Waals surface area contributed by atoms with Crippen LogP contribution in [0.1, 0.15) is 0 Å². The highest BCUT2D eigenvalue weighted by Crippen LogP contribution is 2.23. The van der Waals surface area contributed by atoms with Crippen molar-refractivity contribution in [1.29, 1.82) is 0 Å². The standard InChI is InChI=1S/C19H17FN4/c1-2-12-21-18-13-17(14-8-4-3-5-9-14)23-19(24-18)22-16-11-7-6-10-15(16)20/h2-11,13H,1,12H2,(H2,21,22,23,24). The summed E-state index contributed by atoms with van der Waals surface area (Å²) in [6.07, 6.45) is 1.74. The number of aromatic nitrogens is 2. The van der Waals surface area contributed by atoms with Gasteiger partial charge in [-0.1, -0.05) is 48.5 Å². The monoisotopic (exact) mass is 320 g/mol. The summed E-state index contributed by atoms with van der Waals surface area (Å²) in [6, 6.07) is 18.0. The van der Waals surface area contributed by atoms with Gasteiger partial charge in [-0.05, 0) is 12.1 Å². The highest BCUT2D eigenvalue weighted by molar-refractivity contribution is 5.66. The smallest absolute Gasteiger partial charge is 0.229 e. The van der Waals surface area contributed by atoms with Crippen molar-refractivity contribution < 1.29 is 4.39 Å². The van der Waals surface area contributed by atoms with Crippen molar-refractivity contribution in [2.24, 2.45) is 0 Å². The van der Waals surface area contributed by atoms with E-state index in [1.54, 1.807) is 24.3 Å². The molecule has 120 valence electrons. The van der Waals surface area contributed by atoms with Gasteiger partial charge in [0.05, 0.1) is 11.4 Å². The van der Waals surface area contributed by atoms with Crippen LogP contribution in [0.2, 0.25) is 0 Å². The van der Waals surface area contributed by atoms with Crippen LogP contribution in [0.5, 0.6) is 0 Å². The molecule has 3 rings (SSSR count). The maximum Gasteiger partial charge on any atom is 0.229 e. The molecule has 5 heteroatoms. The van der Waals surface area contributed by atoms with E-state index in [4.69, 9.17) is 0 Å². The normalized spacial score (nSPS) is 10.2. The van der Waals surface area contributed by atoms with E-state index in [0.29, 0.717) is 24.0 Å². The van der Waals surface area contributed by atoms with Gasteiger partial charge in [0.1, 0.15) is 11.6 Å². The molecule has 2 N–H and O–H groups in total. The van der Waals surface area contributed by atoms with Crippen molar-refractivity contribution in [2.75, 3.05) is 17.2 Å². The first-order valence-corrected chi connectivity index (χ1v) is 7.57. The lowest BCUT2D eigenvalue weighted by Crippen LogP contribution is -2.05. The Morgan fingerprint density at radius 3 is 2.50 bits per heavy atom. The van der Waals surface area contributed by atoms with Crippen LogP contribution in [-0.2, 0) is 0 Å². The third-order valence-electron chi connectivity index (χ3n) is 3.34. The highest BCUT2D eigenvalue weighted by Gasteiger charge is 2.08. The molecule has 0 fully saturated rings. The van der Waals surface area contributed by atoms with Gasteiger partial charge in [0.15, 0.2) is 0 Å². The first-order chi connectivity index (χ1) is 11.8. The molecule has 0 unspecified atom stereocenters. The predicted octanol–water partition coefficient (Wildman–Crippen LogP) is 4.62. The molecule has 0 aliphatic heterocycles. The van der Waals surface area contributed by atoms with E-state index < -0.39 is 0 Å². The lowest BCUT2D eigenvalue weighted by Gasteiger charge is -2.11. The topological polar surface area (TPSA) is 49.8 Å². The minimum absolute atomic E-state index is 0.327. The zero-order valence-corrected chi connectivity index (χ0v) is 13.0. The largest absolute Gasteiger partial charge is 0.366 e. The molecule has 2 aromatic carbocycles. The van der Waals surface area contributed by atoms with Crippen molar-refractivity contribution in [1.82, 2.24) is 9.97 Å². The van der Waals surface area contributed by atoms with Crippen molar-refractivity contribution in [2.45, 2.75) is 0 Å². The minimum atomic E-state index is -0.355. The lowest BCUT2D eigenvalue weighted by molar-refractivity contribution is 0.631. The van der Waals surface area contributed by atoms with Gasteiger partial charge in [0.25, 0.3) is 0 Å². The van der Waals surface area contributed by atoms with E-state index in [-0.39, 0.29) is 5.82 Å². The van der Waals surface area contributed by atoms with Gasteiger partial charge in [0.2, 0.25) is 5.95 Å². The van der Waals surface area contributed by atoms with E-state index in [9.17, 15) is 4.39 Å². The Kier molecular flexibility index (Phi) is 4.81. The second-order valence-corrected chi connectivity index (χ2v) is 5.10. The zero-order valence-electron chi connectivity index (χ0n) is 13.0. The number of halogens is 1. The van der Waals surface area contributed by atoms with Gasteiger partial charge < -0.3 is 10.6 Å². The van der Waals surface area contributed by atoms with Crippen molar-refractivity contribution >= 4 is 17.5 Å². The molecular formula is C19H17FN4. The summed E-state index contributed by atoms with van der Waals surface area (Å²) < 4.78 is 13.9. The number of para-hydroxylation sites is 1. The average Bonchev–Trinajstić information content (AvgIpc) is 2.62. The molecule has 4 nitrogen and oxygen atoms in total. The molecule has 24 heavy (non-hydrogen) atoms. The summed E-state index contributed by atoms with van der Waals surface area (Å²) in [6.45, 7) is 4.26. The van der Waals surface area contributed by atoms with Gasteiger partial charge >= 0.3 is 0 Å². The van der Waals surface area contributed by atoms with Crippen molar-refractivity contribution in [3.63, 3.8) is 0 Å². The fraction of sp³-hybridized carbons (Fsp3) is 0.0526. The van der Waals surface area contributed by atoms with Crippen LogP contribution >= 0.6 is 0 Å². The van der Waals surface area contributed by atoms with Crippen LogP contribution in [-0.4, -0.2) is 16.5 Å². The highest BCUT2D eigenvalue weighted by atomic mass is 19.1. The maximum atomic E-state index is 13.9. The molecule has 0 aliphatic rings. The van der Waals surface area contributed by atoms with Crippen LogP contribution in [0.25, 0.3) is 11.3 Å². The summed E-state index contributed by atoms with van der Waals surface area (Å²) in [4.78, 5) is 8.88. The quantitative estimate of drug-likeness (QED) is 0.650. The Balaban J connectivity index is 1.98. The van der Waals surface area contributed by atoms with E-state index in [1.807, 2.05) is 36.4 Å². The van der Waals surface area contributed by atoms with E-state index >= 15 is 0 Å². The Labute approximate surface area is 140 Å². The number of benzene rings is 2. The third-order valence-corrected chi connectivity index (χ3v) is 3.34. The number of hydrogen-bond donors (Lipinski definition) is 2. The molecule has 0 aliphatic carbocycles. The van der Waals surface area contributed by atoms with Gasteiger partial charge in [-0.3, -0.25) is 0 Å². The SMILES string of the molecule is C=CCNc1cc(-c2ccccc2)nc(Nc2ccccc2F)n1. The molecule has 1 heterocycles. The van der Waals surface area contributed by atoms with Gasteiger partial charge in [-0.15, -0.1) is 6.58 Å². The molecule has 0 saturated heterocycles. The maximum absolute atomic E-state index is 13.9. The average molecular weight is 320 g/mol. The summed E-state index contributed by atoms with van der Waals surface area (Å²) >= 11 is 0. The molecular weight excluding hydrogens is 303 g/mol. The van der Waals surface area contributed by atoms with Gasteiger partial charge in [-0.25, -0.2) is 9.37 Å². The molecule has 1 aromatic heterocycles. The molecule has 0 spiro atoms. The Morgan fingerprint density at radius 1 is 1.00 bits per heavy atom. The van der Waals surface area contributed by atoms with Crippen LogP contribution in [0.15, 0.2) is 73.3 Å². The Hall–Kier alpha value is -3.21. The summed E-state index contributed by atoms with van der Waals surface area (Å²) in [5.74, 6) is 0.613. The second-order valence-electron chi connectivity index (χ2n) is 5.10. The van der Waals surface area contributed by atoms with Crippen molar-refractivity contribution in [3.05, 3.63) is 79.1 Å². The number of nitrogens with zero attached hydrogens (tertiary/aromatic N) is 2. The summed E-state index contributed by atoms with van der Waals surface area (Å²) in [5.41, 5.74) is 2.03. The number of nitrogens with one attached hydrogen (secondary N) is 2. The minimum Gasteiger partial charge on any atom is -0.366 e. The van der Waals surface area contributed by atoms with Crippen LogP contribution in [0, 0.1) is 5.82 Å². The molecule has 0 amide bonds. The summed E-state index contributed by atoms with van der Waals surface area (Å²) in [7, 11) is 0. The van der Waals surface area contributed by atoms with Gasteiger partial charge in [-0.2, -0.15) is 4.98 Å². The van der Waals surface area contributed by atoms with Crippen LogP contribution in [0.4, 0.5) is 21.8 Å². The Morgan fingerprint density at radius 2 is 1.75 bits per heavy atom. The van der Waals surface area contributed by atoms with Crippen LogP contribution in [0.3, 0.4) is 0 Å². The molecule has 0 bridgehead atoms. The Bertz CT molecular complexity index is 834. The van der Waals surface area contributed by atoms with Crippen molar-refractivity contribution in [3.8, 4) is 11.3 Å². The predicted molar refractivity (Wildman–Crippen MR) is 95.8 cm³/mol. The second kappa shape index (κ2) is 7.37. The molecule has 0 atom stereocenters. The fourth-order valence-electron chi connectivity index (χ4n) is 2.21. The first kappa shape index (κ1) is 15.7. The zero-order chi connectivity index (χ0) is 16.8. The number of rotatable bonds is 6. The molecule has 0 radical (unpaired) electrons. The third kappa shape index (κ3) is 3.76. The van der Waals surface area contributed by atoms with E-state index in [0.717, 1.165) is 11.3 Å². The fourth-order valence-corrected chi connectivity index (χ4v) is 2.21.